The Bertz CT molecular complexity index is 686. The Morgan fingerprint density at radius 1 is 1.00 bits per heavy atom. The molecule has 2 rings (SSSR count). The zero-order valence-corrected chi connectivity index (χ0v) is 16.8. The molecular formula is C22H29ClN2O2. The van der Waals surface area contributed by atoms with Crippen LogP contribution >= 0.6 is 11.6 Å². The standard InChI is InChI=1S/C22H29ClN2O2/c1-2-3-4-5-6-7-8-9-17-10-12-18(13-11-17)21-16-24-19(15-25-21)14-20(23)22(26)27/h10-13,15-16,20H,2-9,14H2,1H3,(H,26,27)/t20-/m1/s1. The highest BCUT2D eigenvalue weighted by Crippen LogP contribution is 2.19. The lowest BCUT2D eigenvalue weighted by Gasteiger charge is -2.06. The van der Waals surface area contributed by atoms with Gasteiger partial charge >= 0.3 is 5.97 Å². The highest BCUT2D eigenvalue weighted by atomic mass is 35.5. The van der Waals surface area contributed by atoms with Crippen LogP contribution in [0.4, 0.5) is 0 Å². The molecule has 0 spiro atoms. The number of alkyl halides is 1. The van der Waals surface area contributed by atoms with Gasteiger partial charge in [-0.3, -0.25) is 14.8 Å². The molecule has 0 bridgehead atoms. The van der Waals surface area contributed by atoms with Crippen LogP contribution in [0.25, 0.3) is 11.3 Å². The van der Waals surface area contributed by atoms with Crippen molar-refractivity contribution in [3.63, 3.8) is 0 Å². The number of unbranched alkanes of at least 4 members (excludes halogenated alkanes) is 6. The molecule has 0 aliphatic carbocycles. The van der Waals surface area contributed by atoms with Crippen molar-refractivity contribution in [2.45, 2.75) is 70.1 Å². The van der Waals surface area contributed by atoms with Crippen LogP contribution in [-0.4, -0.2) is 26.4 Å². The fourth-order valence-electron chi connectivity index (χ4n) is 3.01. The van der Waals surface area contributed by atoms with E-state index in [-0.39, 0.29) is 6.42 Å². The summed E-state index contributed by atoms with van der Waals surface area (Å²) in [6.07, 6.45) is 13.8. The average Bonchev–Trinajstić information content (AvgIpc) is 2.68. The van der Waals surface area contributed by atoms with Gasteiger partial charge in [0.05, 0.1) is 17.6 Å². The fourth-order valence-corrected chi connectivity index (χ4v) is 3.17. The summed E-state index contributed by atoms with van der Waals surface area (Å²) in [5, 5.41) is 7.87. The Morgan fingerprint density at radius 2 is 1.67 bits per heavy atom. The third-order valence-corrected chi connectivity index (χ3v) is 5.02. The number of rotatable bonds is 12. The van der Waals surface area contributed by atoms with Crippen LogP contribution in [0.2, 0.25) is 0 Å². The van der Waals surface area contributed by atoms with Crippen LogP contribution in [-0.2, 0) is 17.6 Å². The molecule has 1 aromatic carbocycles. The lowest BCUT2D eigenvalue weighted by Crippen LogP contribution is -2.16. The second-order valence-corrected chi connectivity index (χ2v) is 7.50. The van der Waals surface area contributed by atoms with Crippen molar-refractivity contribution in [1.82, 2.24) is 9.97 Å². The molecule has 0 unspecified atom stereocenters. The summed E-state index contributed by atoms with van der Waals surface area (Å²) in [6, 6.07) is 8.45. The number of hydrogen-bond donors (Lipinski definition) is 1. The van der Waals surface area contributed by atoms with Crippen molar-refractivity contribution in [3.8, 4) is 11.3 Å². The maximum Gasteiger partial charge on any atom is 0.322 e. The van der Waals surface area contributed by atoms with Crippen molar-refractivity contribution in [1.29, 1.82) is 0 Å². The molecule has 4 nitrogen and oxygen atoms in total. The first-order valence-corrected chi connectivity index (χ1v) is 10.3. The van der Waals surface area contributed by atoms with Gasteiger partial charge in [-0.15, -0.1) is 11.6 Å². The molecule has 1 atom stereocenters. The zero-order chi connectivity index (χ0) is 19.5. The van der Waals surface area contributed by atoms with E-state index in [9.17, 15) is 4.79 Å². The number of nitrogens with zero attached hydrogens (tertiary/aromatic N) is 2. The van der Waals surface area contributed by atoms with E-state index < -0.39 is 11.3 Å². The minimum Gasteiger partial charge on any atom is -0.480 e. The zero-order valence-electron chi connectivity index (χ0n) is 16.0. The van der Waals surface area contributed by atoms with Crippen molar-refractivity contribution >= 4 is 17.6 Å². The van der Waals surface area contributed by atoms with Crippen molar-refractivity contribution < 1.29 is 9.90 Å². The summed E-state index contributed by atoms with van der Waals surface area (Å²) >= 11 is 5.74. The monoisotopic (exact) mass is 388 g/mol. The van der Waals surface area contributed by atoms with Crippen molar-refractivity contribution in [2.75, 3.05) is 0 Å². The number of hydrogen-bond acceptors (Lipinski definition) is 3. The van der Waals surface area contributed by atoms with Crippen molar-refractivity contribution in [3.05, 3.63) is 47.9 Å². The van der Waals surface area contributed by atoms with E-state index in [4.69, 9.17) is 16.7 Å². The van der Waals surface area contributed by atoms with Crippen LogP contribution < -0.4 is 0 Å². The first kappa shape index (κ1) is 21.4. The highest BCUT2D eigenvalue weighted by Gasteiger charge is 2.15. The quantitative estimate of drug-likeness (QED) is 0.375. The predicted octanol–water partition coefficient (Wildman–Crippen LogP) is 5.67. The number of aryl methyl sites for hydroxylation is 1. The van der Waals surface area contributed by atoms with E-state index in [2.05, 4.69) is 41.2 Å². The van der Waals surface area contributed by atoms with Crippen molar-refractivity contribution in [2.24, 2.45) is 0 Å². The molecule has 0 amide bonds. The number of carbonyl (C=O) groups is 1. The van der Waals surface area contributed by atoms with Gasteiger partial charge in [0.1, 0.15) is 5.38 Å². The second-order valence-electron chi connectivity index (χ2n) is 6.97. The smallest absolute Gasteiger partial charge is 0.322 e. The van der Waals surface area contributed by atoms with Gasteiger partial charge in [-0.05, 0) is 18.4 Å². The van der Waals surface area contributed by atoms with Gasteiger partial charge < -0.3 is 5.11 Å². The molecule has 146 valence electrons. The molecule has 1 heterocycles. The molecule has 27 heavy (non-hydrogen) atoms. The van der Waals surface area contributed by atoms with E-state index in [1.807, 2.05) is 0 Å². The van der Waals surface area contributed by atoms with Gasteiger partial charge in [-0.1, -0.05) is 69.7 Å². The van der Waals surface area contributed by atoms with E-state index in [0.29, 0.717) is 5.69 Å². The Hall–Kier alpha value is -1.94. The van der Waals surface area contributed by atoms with Gasteiger partial charge in [0.2, 0.25) is 0 Å². The molecule has 5 heteroatoms. The van der Waals surface area contributed by atoms with Crippen LogP contribution in [0.1, 0.15) is 63.1 Å². The summed E-state index contributed by atoms with van der Waals surface area (Å²) in [6.45, 7) is 2.25. The maximum atomic E-state index is 10.8. The van der Waals surface area contributed by atoms with Gasteiger partial charge in [-0.25, -0.2) is 0 Å². The van der Waals surface area contributed by atoms with Gasteiger partial charge in [0.15, 0.2) is 0 Å². The average molecular weight is 389 g/mol. The van der Waals surface area contributed by atoms with E-state index in [0.717, 1.165) is 17.7 Å². The number of benzene rings is 1. The lowest BCUT2D eigenvalue weighted by molar-refractivity contribution is -0.136. The molecule has 0 saturated heterocycles. The first-order valence-electron chi connectivity index (χ1n) is 9.87. The third-order valence-electron chi connectivity index (χ3n) is 4.68. The van der Waals surface area contributed by atoms with Gasteiger partial charge in [0.25, 0.3) is 0 Å². The van der Waals surface area contributed by atoms with E-state index in [1.54, 1.807) is 12.4 Å². The Morgan fingerprint density at radius 3 is 2.26 bits per heavy atom. The summed E-state index contributed by atoms with van der Waals surface area (Å²) in [5.41, 5.74) is 3.72. The molecule has 0 fully saturated rings. The number of aliphatic carboxylic acids is 1. The minimum absolute atomic E-state index is 0.168. The number of carboxylic acids is 1. The number of carboxylic acid groups (broad SMARTS) is 1. The summed E-state index contributed by atoms with van der Waals surface area (Å²) < 4.78 is 0. The third kappa shape index (κ3) is 7.67. The number of halogens is 1. The van der Waals surface area contributed by atoms with E-state index in [1.165, 1.54) is 50.5 Å². The molecule has 1 N–H and O–H groups in total. The van der Waals surface area contributed by atoms with E-state index >= 15 is 0 Å². The largest absolute Gasteiger partial charge is 0.480 e. The summed E-state index contributed by atoms with van der Waals surface area (Å²) in [4.78, 5) is 19.5. The summed E-state index contributed by atoms with van der Waals surface area (Å²) in [5.74, 6) is -1.04. The van der Waals surface area contributed by atoms with Gasteiger partial charge in [0, 0.05) is 18.2 Å². The van der Waals surface area contributed by atoms with Crippen LogP contribution in [0, 0.1) is 0 Å². The fraction of sp³-hybridized carbons (Fsp3) is 0.500. The Kier molecular flexibility index (Phi) is 9.26. The SMILES string of the molecule is CCCCCCCCCc1ccc(-c2cnc(C[C@@H](Cl)C(=O)O)cn2)cc1. The highest BCUT2D eigenvalue weighted by molar-refractivity contribution is 6.29. The normalized spacial score (nSPS) is 12.1. The molecule has 2 aromatic rings. The maximum absolute atomic E-state index is 10.8. The molecule has 0 radical (unpaired) electrons. The van der Waals surface area contributed by atoms with Crippen LogP contribution in [0.3, 0.4) is 0 Å². The molecule has 0 saturated carbocycles. The van der Waals surface area contributed by atoms with Crippen LogP contribution in [0.5, 0.6) is 0 Å². The molecular weight excluding hydrogens is 360 g/mol. The number of aromatic nitrogens is 2. The molecule has 0 aliphatic heterocycles. The topological polar surface area (TPSA) is 63.1 Å². The lowest BCUT2D eigenvalue weighted by atomic mass is 10.0. The van der Waals surface area contributed by atoms with Gasteiger partial charge in [-0.2, -0.15) is 0 Å². The first-order chi connectivity index (χ1) is 13.1. The summed E-state index contributed by atoms with van der Waals surface area (Å²) in [7, 11) is 0. The molecule has 1 aromatic heterocycles. The van der Waals surface area contributed by atoms with Crippen LogP contribution in [0.15, 0.2) is 36.7 Å². The molecule has 0 aliphatic rings. The Balaban J connectivity index is 1.80. The minimum atomic E-state index is -1.04. The second kappa shape index (κ2) is 11.7. The predicted molar refractivity (Wildman–Crippen MR) is 110 cm³/mol. The Labute approximate surface area is 167 Å².